The Labute approximate surface area is 164 Å². The molecule has 0 saturated heterocycles. The molecule has 1 aliphatic heterocycles. The highest BCUT2D eigenvalue weighted by molar-refractivity contribution is 7.92. The van der Waals surface area contributed by atoms with Gasteiger partial charge in [-0.05, 0) is 51.1 Å². The van der Waals surface area contributed by atoms with Crippen molar-refractivity contribution in [1.29, 1.82) is 0 Å². The smallest absolute Gasteiger partial charge is 0.261 e. The molecule has 1 N–H and O–H groups in total. The molecule has 2 aromatic carbocycles. The molecule has 144 valence electrons. The van der Waals surface area contributed by atoms with Crippen molar-refractivity contribution in [2.75, 3.05) is 22.8 Å². The van der Waals surface area contributed by atoms with Crippen LogP contribution in [-0.4, -0.2) is 27.5 Å². The molecule has 2 aromatic rings. The first kappa shape index (κ1) is 19.5. The second-order valence-corrected chi connectivity index (χ2v) is 9.09. The minimum absolute atomic E-state index is 0.0315. The fourth-order valence-electron chi connectivity index (χ4n) is 2.87. The second-order valence-electron chi connectivity index (χ2n) is 6.97. The van der Waals surface area contributed by atoms with E-state index in [1.54, 1.807) is 35.2 Å². The number of rotatable bonds is 4. The van der Waals surface area contributed by atoms with Gasteiger partial charge in [0.2, 0.25) is 5.91 Å². The number of halogens is 1. The standard InChI is InChI=1S/C19H21ClN2O4S/c1-4-22-16-9-8-14(11-17(16)26-12-19(2,3)18(22)23)21-27(24,25)15-7-5-6-13(20)10-15/h5-11,21H,4,12H2,1-3H3. The normalized spacial score (nSPS) is 16.3. The Morgan fingerprint density at radius 2 is 1.96 bits per heavy atom. The first-order valence-corrected chi connectivity index (χ1v) is 10.4. The minimum Gasteiger partial charge on any atom is -0.490 e. The van der Waals surface area contributed by atoms with Crippen LogP contribution in [0, 0.1) is 5.41 Å². The number of nitrogens with one attached hydrogen (secondary N) is 1. The van der Waals surface area contributed by atoms with Crippen molar-refractivity contribution >= 4 is 38.9 Å². The molecule has 0 radical (unpaired) electrons. The van der Waals surface area contributed by atoms with E-state index in [2.05, 4.69) is 4.72 Å². The first-order chi connectivity index (χ1) is 12.6. The van der Waals surface area contributed by atoms with Gasteiger partial charge in [-0.25, -0.2) is 8.42 Å². The van der Waals surface area contributed by atoms with Crippen LogP contribution >= 0.6 is 11.6 Å². The number of benzene rings is 2. The largest absolute Gasteiger partial charge is 0.490 e. The fourth-order valence-corrected chi connectivity index (χ4v) is 4.22. The van der Waals surface area contributed by atoms with Gasteiger partial charge in [-0.2, -0.15) is 0 Å². The Bertz CT molecular complexity index is 989. The number of sulfonamides is 1. The van der Waals surface area contributed by atoms with Crippen LogP contribution in [0.3, 0.4) is 0 Å². The topological polar surface area (TPSA) is 75.7 Å². The van der Waals surface area contributed by atoms with E-state index in [4.69, 9.17) is 16.3 Å². The third kappa shape index (κ3) is 3.89. The van der Waals surface area contributed by atoms with Gasteiger partial charge in [-0.3, -0.25) is 9.52 Å². The van der Waals surface area contributed by atoms with Crippen LogP contribution < -0.4 is 14.4 Å². The Morgan fingerprint density at radius 1 is 1.22 bits per heavy atom. The van der Waals surface area contributed by atoms with E-state index < -0.39 is 15.4 Å². The van der Waals surface area contributed by atoms with Gasteiger partial charge in [0, 0.05) is 17.6 Å². The number of carbonyl (C=O) groups excluding carboxylic acids is 1. The van der Waals surface area contributed by atoms with E-state index in [-0.39, 0.29) is 17.4 Å². The number of hydrogen-bond donors (Lipinski definition) is 1. The predicted molar refractivity (Wildman–Crippen MR) is 106 cm³/mol. The number of amides is 1. The maximum atomic E-state index is 12.7. The molecular formula is C19H21ClN2O4S. The summed E-state index contributed by atoms with van der Waals surface area (Å²) in [7, 11) is -3.79. The van der Waals surface area contributed by atoms with Crippen LogP contribution in [0.15, 0.2) is 47.4 Å². The average molecular weight is 409 g/mol. The number of nitrogens with zero attached hydrogens (tertiary/aromatic N) is 1. The lowest BCUT2D eigenvalue weighted by atomic mass is 9.93. The summed E-state index contributed by atoms with van der Waals surface area (Å²) in [5.74, 6) is 0.429. The summed E-state index contributed by atoms with van der Waals surface area (Å²) in [5.41, 5.74) is 0.297. The van der Waals surface area contributed by atoms with E-state index >= 15 is 0 Å². The van der Waals surface area contributed by atoms with E-state index in [1.807, 2.05) is 20.8 Å². The lowest BCUT2D eigenvalue weighted by molar-refractivity contribution is -0.127. The van der Waals surface area contributed by atoms with Crippen molar-refractivity contribution < 1.29 is 17.9 Å². The van der Waals surface area contributed by atoms with Crippen molar-refractivity contribution in [2.24, 2.45) is 5.41 Å². The molecule has 27 heavy (non-hydrogen) atoms. The Morgan fingerprint density at radius 3 is 2.63 bits per heavy atom. The molecule has 0 unspecified atom stereocenters. The van der Waals surface area contributed by atoms with E-state index in [0.29, 0.717) is 28.7 Å². The van der Waals surface area contributed by atoms with Gasteiger partial charge in [0.25, 0.3) is 10.0 Å². The highest BCUT2D eigenvalue weighted by atomic mass is 35.5. The van der Waals surface area contributed by atoms with E-state index in [1.165, 1.54) is 12.1 Å². The molecule has 0 fully saturated rings. The van der Waals surface area contributed by atoms with Crippen molar-refractivity contribution in [3.8, 4) is 5.75 Å². The van der Waals surface area contributed by atoms with Crippen LogP contribution in [0.5, 0.6) is 5.75 Å². The maximum absolute atomic E-state index is 12.7. The van der Waals surface area contributed by atoms with Crippen molar-refractivity contribution in [3.05, 3.63) is 47.5 Å². The summed E-state index contributed by atoms with van der Waals surface area (Å²) in [6.07, 6.45) is 0. The Kier molecular flexibility index (Phi) is 5.10. The maximum Gasteiger partial charge on any atom is 0.261 e. The summed E-state index contributed by atoms with van der Waals surface area (Å²) in [5, 5.41) is 0.336. The minimum atomic E-state index is -3.79. The zero-order valence-electron chi connectivity index (χ0n) is 15.3. The van der Waals surface area contributed by atoms with Gasteiger partial charge in [0.1, 0.15) is 12.4 Å². The Hall–Kier alpha value is -2.25. The molecule has 0 atom stereocenters. The third-order valence-electron chi connectivity index (χ3n) is 4.34. The highest BCUT2D eigenvalue weighted by Crippen LogP contribution is 2.38. The molecular weight excluding hydrogens is 388 g/mol. The number of ether oxygens (including phenoxy) is 1. The van der Waals surface area contributed by atoms with E-state index in [0.717, 1.165) is 0 Å². The van der Waals surface area contributed by atoms with Crippen molar-refractivity contribution in [1.82, 2.24) is 0 Å². The van der Waals surface area contributed by atoms with Gasteiger partial charge in [0.15, 0.2) is 0 Å². The number of hydrogen-bond acceptors (Lipinski definition) is 4. The summed E-state index contributed by atoms with van der Waals surface area (Å²) in [6.45, 7) is 6.24. The highest BCUT2D eigenvalue weighted by Gasteiger charge is 2.37. The molecule has 1 amide bonds. The van der Waals surface area contributed by atoms with Gasteiger partial charge >= 0.3 is 0 Å². The lowest BCUT2D eigenvalue weighted by Gasteiger charge is -2.26. The molecule has 8 heteroatoms. The second kappa shape index (κ2) is 7.05. The van der Waals surface area contributed by atoms with Crippen molar-refractivity contribution in [2.45, 2.75) is 25.7 Å². The van der Waals surface area contributed by atoms with Crippen LogP contribution in [-0.2, 0) is 14.8 Å². The molecule has 0 spiro atoms. The summed E-state index contributed by atoms with van der Waals surface area (Å²) in [4.78, 5) is 14.4. The SMILES string of the molecule is CCN1C(=O)C(C)(C)COc2cc(NS(=O)(=O)c3cccc(Cl)c3)ccc21. The van der Waals surface area contributed by atoms with Crippen LogP contribution in [0.2, 0.25) is 5.02 Å². The monoisotopic (exact) mass is 408 g/mol. The van der Waals surface area contributed by atoms with Gasteiger partial charge in [-0.15, -0.1) is 0 Å². The van der Waals surface area contributed by atoms with Crippen LogP contribution in [0.1, 0.15) is 20.8 Å². The number of carbonyl (C=O) groups is 1. The zero-order valence-corrected chi connectivity index (χ0v) is 16.9. The first-order valence-electron chi connectivity index (χ1n) is 8.51. The average Bonchev–Trinajstić information content (AvgIpc) is 2.70. The quantitative estimate of drug-likeness (QED) is 0.832. The van der Waals surface area contributed by atoms with Gasteiger partial charge < -0.3 is 9.64 Å². The number of anilines is 2. The van der Waals surface area contributed by atoms with Gasteiger partial charge in [-0.1, -0.05) is 17.7 Å². The summed E-state index contributed by atoms with van der Waals surface area (Å²) < 4.78 is 33.5. The molecule has 1 aliphatic rings. The predicted octanol–water partition coefficient (Wildman–Crippen LogP) is 3.91. The summed E-state index contributed by atoms with van der Waals surface area (Å²) in [6, 6.07) is 10.9. The molecule has 0 aromatic heterocycles. The molecule has 0 saturated carbocycles. The molecule has 1 heterocycles. The molecule has 0 bridgehead atoms. The number of fused-ring (bicyclic) bond motifs is 1. The molecule has 0 aliphatic carbocycles. The third-order valence-corrected chi connectivity index (χ3v) is 5.95. The van der Waals surface area contributed by atoms with Gasteiger partial charge in [0.05, 0.1) is 21.7 Å². The van der Waals surface area contributed by atoms with Crippen LogP contribution in [0.25, 0.3) is 0 Å². The lowest BCUT2D eigenvalue weighted by Crippen LogP contribution is -2.42. The molecule has 6 nitrogen and oxygen atoms in total. The molecule has 3 rings (SSSR count). The van der Waals surface area contributed by atoms with E-state index in [9.17, 15) is 13.2 Å². The van der Waals surface area contributed by atoms with Crippen LogP contribution in [0.4, 0.5) is 11.4 Å². The van der Waals surface area contributed by atoms with Crippen molar-refractivity contribution in [3.63, 3.8) is 0 Å². The summed E-state index contributed by atoms with van der Waals surface area (Å²) >= 11 is 5.89. The fraction of sp³-hybridized carbons (Fsp3) is 0.316. The Balaban J connectivity index is 1.95. The zero-order chi connectivity index (χ0) is 19.8.